The molecule has 1 N–H and O–H groups in total. The van der Waals surface area contributed by atoms with Crippen molar-refractivity contribution in [3.8, 4) is 5.75 Å². The maximum absolute atomic E-state index is 12.7. The number of non-ortho nitro benzene ring substituents is 1. The van der Waals surface area contributed by atoms with E-state index in [0.717, 1.165) is 25.8 Å². The number of rotatable bonds is 7. The van der Waals surface area contributed by atoms with Crippen LogP contribution in [0, 0.1) is 16.0 Å². The predicted octanol–water partition coefficient (Wildman–Crippen LogP) is 2.52. The van der Waals surface area contributed by atoms with Crippen LogP contribution in [-0.4, -0.2) is 47.4 Å². The SMILES string of the molecule is CC[C@H](C)[C@H](NC(=O)[C@H]1CCCCN1C)C(=O)Oc1ccc([N+](=O)[O-])cc1. The first-order valence-corrected chi connectivity index (χ1v) is 9.30. The Kier molecular flexibility index (Phi) is 7.29. The fourth-order valence-electron chi connectivity index (χ4n) is 3.14. The molecule has 0 aromatic heterocycles. The fourth-order valence-corrected chi connectivity index (χ4v) is 3.14. The highest BCUT2D eigenvalue weighted by Gasteiger charge is 2.32. The van der Waals surface area contributed by atoms with Gasteiger partial charge in [0.15, 0.2) is 0 Å². The van der Waals surface area contributed by atoms with Gasteiger partial charge in [-0.25, -0.2) is 4.79 Å². The van der Waals surface area contributed by atoms with Crippen molar-refractivity contribution in [2.24, 2.45) is 5.92 Å². The van der Waals surface area contributed by atoms with Crippen LogP contribution in [-0.2, 0) is 9.59 Å². The lowest BCUT2D eigenvalue weighted by Crippen LogP contribution is -2.54. The van der Waals surface area contributed by atoms with E-state index >= 15 is 0 Å². The normalized spacial score (nSPS) is 19.7. The van der Waals surface area contributed by atoms with E-state index in [-0.39, 0.29) is 29.3 Å². The number of ether oxygens (including phenoxy) is 1. The molecule has 8 heteroatoms. The predicted molar refractivity (Wildman–Crippen MR) is 100 cm³/mol. The van der Waals surface area contributed by atoms with Crippen LogP contribution in [0.25, 0.3) is 0 Å². The van der Waals surface area contributed by atoms with Crippen molar-refractivity contribution in [2.45, 2.75) is 51.6 Å². The molecule has 0 radical (unpaired) electrons. The number of hydrogen-bond donors (Lipinski definition) is 1. The van der Waals surface area contributed by atoms with Crippen LogP contribution in [0.5, 0.6) is 5.75 Å². The smallest absolute Gasteiger partial charge is 0.334 e. The summed E-state index contributed by atoms with van der Waals surface area (Å²) in [7, 11) is 1.91. The van der Waals surface area contributed by atoms with E-state index in [1.54, 1.807) is 0 Å². The Hall–Kier alpha value is -2.48. The van der Waals surface area contributed by atoms with Gasteiger partial charge in [-0.1, -0.05) is 26.7 Å². The molecule has 1 aromatic rings. The molecule has 2 rings (SSSR count). The Morgan fingerprint density at radius 3 is 2.56 bits per heavy atom. The Balaban J connectivity index is 2.06. The molecule has 148 valence electrons. The molecule has 1 aromatic carbocycles. The number of nitrogens with zero attached hydrogens (tertiary/aromatic N) is 2. The van der Waals surface area contributed by atoms with E-state index < -0.39 is 16.9 Å². The van der Waals surface area contributed by atoms with Gasteiger partial charge in [-0.05, 0) is 44.5 Å². The first kappa shape index (κ1) is 20.8. The van der Waals surface area contributed by atoms with E-state index in [0.29, 0.717) is 6.42 Å². The lowest BCUT2D eigenvalue weighted by atomic mass is 9.97. The van der Waals surface area contributed by atoms with Crippen molar-refractivity contribution in [1.82, 2.24) is 10.2 Å². The van der Waals surface area contributed by atoms with Crippen LogP contribution in [0.3, 0.4) is 0 Å². The zero-order valence-electron chi connectivity index (χ0n) is 16.0. The fraction of sp³-hybridized carbons (Fsp3) is 0.579. The second-order valence-corrected chi connectivity index (χ2v) is 7.04. The lowest BCUT2D eigenvalue weighted by molar-refractivity contribution is -0.384. The first-order valence-electron chi connectivity index (χ1n) is 9.30. The number of esters is 1. The minimum Gasteiger partial charge on any atom is -0.425 e. The molecule has 0 spiro atoms. The average molecular weight is 377 g/mol. The number of benzene rings is 1. The van der Waals surface area contributed by atoms with Crippen LogP contribution in [0.2, 0.25) is 0 Å². The largest absolute Gasteiger partial charge is 0.425 e. The van der Waals surface area contributed by atoms with Crippen molar-refractivity contribution < 1.29 is 19.2 Å². The Morgan fingerprint density at radius 1 is 1.33 bits per heavy atom. The molecule has 1 aliphatic rings. The van der Waals surface area contributed by atoms with Crippen LogP contribution in [0.4, 0.5) is 5.69 Å². The number of amides is 1. The molecular weight excluding hydrogens is 350 g/mol. The van der Waals surface area contributed by atoms with Gasteiger partial charge >= 0.3 is 5.97 Å². The molecule has 3 atom stereocenters. The Morgan fingerprint density at radius 2 is 2.00 bits per heavy atom. The van der Waals surface area contributed by atoms with E-state index in [4.69, 9.17) is 4.74 Å². The van der Waals surface area contributed by atoms with Crippen molar-refractivity contribution in [1.29, 1.82) is 0 Å². The maximum atomic E-state index is 12.7. The lowest BCUT2D eigenvalue weighted by Gasteiger charge is -2.33. The summed E-state index contributed by atoms with van der Waals surface area (Å²) < 4.78 is 5.36. The summed E-state index contributed by atoms with van der Waals surface area (Å²) >= 11 is 0. The topological polar surface area (TPSA) is 102 Å². The third-order valence-corrected chi connectivity index (χ3v) is 5.10. The van der Waals surface area contributed by atoms with Gasteiger partial charge in [0.25, 0.3) is 5.69 Å². The van der Waals surface area contributed by atoms with Gasteiger partial charge in [-0.15, -0.1) is 0 Å². The molecule has 1 fully saturated rings. The first-order chi connectivity index (χ1) is 12.8. The molecule has 0 aliphatic carbocycles. The minimum atomic E-state index is -0.770. The summed E-state index contributed by atoms with van der Waals surface area (Å²) in [6.45, 7) is 4.68. The zero-order valence-corrected chi connectivity index (χ0v) is 16.0. The highest BCUT2D eigenvalue weighted by molar-refractivity contribution is 5.88. The summed E-state index contributed by atoms with van der Waals surface area (Å²) in [5.74, 6) is -0.621. The molecular formula is C19H27N3O5. The summed E-state index contributed by atoms with van der Waals surface area (Å²) in [6, 6.07) is 4.29. The Bertz CT molecular complexity index is 676. The van der Waals surface area contributed by atoms with E-state index in [1.165, 1.54) is 24.3 Å². The van der Waals surface area contributed by atoms with Gasteiger partial charge < -0.3 is 10.1 Å². The maximum Gasteiger partial charge on any atom is 0.334 e. The number of nitro groups is 1. The van der Waals surface area contributed by atoms with E-state index in [9.17, 15) is 19.7 Å². The molecule has 1 saturated heterocycles. The standard InChI is InChI=1S/C19H27N3O5/c1-4-13(2)17(20-18(23)16-7-5-6-12-21(16)3)19(24)27-15-10-8-14(9-11-15)22(25)26/h8-11,13,16-17H,4-7,12H2,1-3H3,(H,20,23)/t13-,16+,17-/m0/s1. The third kappa shape index (κ3) is 5.50. The monoisotopic (exact) mass is 377 g/mol. The molecule has 27 heavy (non-hydrogen) atoms. The van der Waals surface area contributed by atoms with Crippen molar-refractivity contribution >= 4 is 17.6 Å². The molecule has 0 unspecified atom stereocenters. The third-order valence-electron chi connectivity index (χ3n) is 5.10. The number of carbonyl (C=O) groups excluding carboxylic acids is 2. The number of hydrogen-bond acceptors (Lipinski definition) is 6. The van der Waals surface area contributed by atoms with E-state index in [1.807, 2.05) is 25.8 Å². The second-order valence-electron chi connectivity index (χ2n) is 7.04. The van der Waals surface area contributed by atoms with Gasteiger partial charge in [0.05, 0.1) is 11.0 Å². The number of likely N-dealkylation sites (N-methyl/N-ethyl adjacent to an activating group) is 1. The molecule has 1 amide bonds. The summed E-state index contributed by atoms with van der Waals surface area (Å²) in [5, 5.41) is 13.6. The molecule has 0 saturated carbocycles. The second kappa shape index (κ2) is 9.45. The van der Waals surface area contributed by atoms with Crippen LogP contribution < -0.4 is 10.1 Å². The van der Waals surface area contributed by atoms with Crippen LogP contribution >= 0.6 is 0 Å². The highest BCUT2D eigenvalue weighted by Crippen LogP contribution is 2.20. The summed E-state index contributed by atoms with van der Waals surface area (Å²) in [6.07, 6.45) is 3.52. The average Bonchev–Trinajstić information content (AvgIpc) is 2.66. The summed E-state index contributed by atoms with van der Waals surface area (Å²) in [4.78, 5) is 37.5. The van der Waals surface area contributed by atoms with Crippen LogP contribution in [0.1, 0.15) is 39.5 Å². The number of piperidine rings is 1. The summed E-state index contributed by atoms with van der Waals surface area (Å²) in [5.41, 5.74) is -0.0816. The number of carbonyl (C=O) groups is 2. The minimum absolute atomic E-state index is 0.0816. The van der Waals surface area contributed by atoms with Crippen molar-refractivity contribution in [2.75, 3.05) is 13.6 Å². The molecule has 1 heterocycles. The van der Waals surface area contributed by atoms with Gasteiger partial charge in [0.1, 0.15) is 11.8 Å². The van der Waals surface area contributed by atoms with E-state index in [2.05, 4.69) is 5.32 Å². The molecule has 0 bridgehead atoms. The molecule has 1 aliphatic heterocycles. The van der Waals surface area contributed by atoms with Gasteiger partial charge in [0.2, 0.25) is 5.91 Å². The number of likely N-dealkylation sites (tertiary alicyclic amines) is 1. The van der Waals surface area contributed by atoms with Gasteiger partial charge in [-0.3, -0.25) is 19.8 Å². The molecule has 8 nitrogen and oxygen atoms in total. The zero-order chi connectivity index (χ0) is 20.0. The van der Waals surface area contributed by atoms with Crippen molar-refractivity contribution in [3.05, 3.63) is 34.4 Å². The van der Waals surface area contributed by atoms with Crippen molar-refractivity contribution in [3.63, 3.8) is 0 Å². The Labute approximate surface area is 159 Å². The van der Waals surface area contributed by atoms with Gasteiger partial charge in [-0.2, -0.15) is 0 Å². The number of nitrogens with one attached hydrogen (secondary N) is 1. The van der Waals surface area contributed by atoms with Gasteiger partial charge in [0, 0.05) is 12.1 Å². The number of nitro benzene ring substituents is 1. The highest BCUT2D eigenvalue weighted by atomic mass is 16.6. The van der Waals surface area contributed by atoms with Crippen LogP contribution in [0.15, 0.2) is 24.3 Å². The quantitative estimate of drug-likeness (QED) is 0.339.